The van der Waals surface area contributed by atoms with Crippen LogP contribution in [0.2, 0.25) is 0 Å². The van der Waals surface area contributed by atoms with Crippen molar-refractivity contribution >= 4 is 17.6 Å². The second-order valence-electron chi connectivity index (χ2n) is 5.36. The second-order valence-corrected chi connectivity index (χ2v) is 5.36. The summed E-state index contributed by atoms with van der Waals surface area (Å²) in [5, 5.41) is 18.5. The van der Waals surface area contributed by atoms with E-state index in [1.54, 1.807) is 18.2 Å². The van der Waals surface area contributed by atoms with Gasteiger partial charge in [-0.1, -0.05) is 31.2 Å². The first kappa shape index (κ1) is 16.5. The average Bonchev–Trinajstić information content (AvgIpc) is 2.95. The first-order valence-corrected chi connectivity index (χ1v) is 7.11. The van der Waals surface area contributed by atoms with Crippen LogP contribution in [0.3, 0.4) is 0 Å². The molecule has 0 spiro atoms. The van der Waals surface area contributed by atoms with Crippen LogP contribution in [0.15, 0.2) is 30.5 Å². The van der Waals surface area contributed by atoms with Crippen molar-refractivity contribution in [2.45, 2.75) is 20.4 Å². The van der Waals surface area contributed by atoms with Crippen LogP contribution in [0.4, 0.5) is 5.69 Å². The van der Waals surface area contributed by atoms with E-state index in [2.05, 4.69) is 15.6 Å². The van der Waals surface area contributed by atoms with Gasteiger partial charge in [-0.05, 0) is 18.1 Å². The highest BCUT2D eigenvalue weighted by atomic mass is 16.5. The van der Waals surface area contributed by atoms with E-state index in [0.29, 0.717) is 24.0 Å². The van der Waals surface area contributed by atoms with Crippen LogP contribution in [0.25, 0.3) is 0 Å². The summed E-state index contributed by atoms with van der Waals surface area (Å²) in [5.41, 5.74) is 0.343. The maximum absolute atomic E-state index is 12.0. The van der Waals surface area contributed by atoms with Gasteiger partial charge in [-0.2, -0.15) is 0 Å². The molecule has 1 amide bonds. The Kier molecular flexibility index (Phi) is 5.29. The molecule has 2 N–H and O–H groups in total. The number of carboxylic acid groups (broad SMARTS) is 1. The van der Waals surface area contributed by atoms with Gasteiger partial charge in [-0.3, -0.25) is 4.79 Å². The third kappa shape index (κ3) is 4.80. The predicted octanol–water partition coefficient (Wildman–Crippen LogP) is 1.65. The molecule has 0 atom stereocenters. The highest BCUT2D eigenvalue weighted by Gasteiger charge is 2.12. The number of amides is 1. The van der Waals surface area contributed by atoms with E-state index in [-0.39, 0.29) is 18.1 Å². The fraction of sp³-hybridized carbons (Fsp3) is 0.333. The van der Waals surface area contributed by atoms with Crippen molar-refractivity contribution in [2.75, 3.05) is 11.9 Å². The molecule has 0 fully saturated rings. The van der Waals surface area contributed by atoms with Crippen LogP contribution in [-0.4, -0.2) is 38.6 Å². The molecule has 0 unspecified atom stereocenters. The molecule has 0 radical (unpaired) electrons. The van der Waals surface area contributed by atoms with E-state index in [1.807, 2.05) is 19.9 Å². The van der Waals surface area contributed by atoms with E-state index in [0.717, 1.165) is 4.68 Å². The molecule has 1 aromatic heterocycles. The van der Waals surface area contributed by atoms with Gasteiger partial charge in [-0.25, -0.2) is 9.48 Å². The van der Waals surface area contributed by atoms with Crippen LogP contribution in [0.1, 0.15) is 24.3 Å². The molecule has 2 aromatic rings. The number of nitrogens with zero attached hydrogens (tertiary/aromatic N) is 3. The number of ether oxygens (including phenoxy) is 1. The third-order valence-electron chi connectivity index (χ3n) is 2.80. The van der Waals surface area contributed by atoms with E-state index >= 15 is 0 Å². The Labute approximate surface area is 133 Å². The van der Waals surface area contributed by atoms with Crippen LogP contribution in [0.5, 0.6) is 5.75 Å². The van der Waals surface area contributed by atoms with Crippen LogP contribution >= 0.6 is 0 Å². The first-order chi connectivity index (χ1) is 11.0. The lowest BCUT2D eigenvalue weighted by atomic mass is 10.2. The minimum Gasteiger partial charge on any atom is -0.491 e. The zero-order valence-corrected chi connectivity index (χ0v) is 12.9. The molecular weight excluding hydrogens is 300 g/mol. The standard InChI is InChI=1S/C15H18N4O4/c1-10(2)9-23-13-6-4-3-5-11(13)16-14(20)8-19-7-12(15(21)22)17-18-19/h3-7,10H,8-9H2,1-2H3,(H,16,20)(H,21,22). The summed E-state index contributed by atoms with van der Waals surface area (Å²) in [7, 11) is 0. The molecule has 0 saturated heterocycles. The molecule has 2 rings (SSSR count). The Bertz CT molecular complexity index is 696. The number of anilines is 1. The predicted molar refractivity (Wildman–Crippen MR) is 82.4 cm³/mol. The Balaban J connectivity index is 2.00. The highest BCUT2D eigenvalue weighted by Crippen LogP contribution is 2.24. The molecule has 0 aliphatic heterocycles. The second kappa shape index (κ2) is 7.39. The van der Waals surface area contributed by atoms with Gasteiger partial charge in [0.1, 0.15) is 12.3 Å². The van der Waals surface area contributed by atoms with Gasteiger partial charge >= 0.3 is 5.97 Å². The summed E-state index contributed by atoms with van der Waals surface area (Å²) in [5.74, 6) is -0.598. The summed E-state index contributed by atoms with van der Waals surface area (Å²) < 4.78 is 6.82. The van der Waals surface area contributed by atoms with Gasteiger partial charge in [0.15, 0.2) is 5.69 Å². The quantitative estimate of drug-likeness (QED) is 0.804. The normalized spacial score (nSPS) is 10.6. The van der Waals surface area contributed by atoms with Crippen molar-refractivity contribution in [3.8, 4) is 5.75 Å². The monoisotopic (exact) mass is 318 g/mol. The van der Waals surface area contributed by atoms with Crippen molar-refractivity contribution in [1.82, 2.24) is 15.0 Å². The van der Waals surface area contributed by atoms with Crippen LogP contribution < -0.4 is 10.1 Å². The van der Waals surface area contributed by atoms with Gasteiger partial charge in [0.25, 0.3) is 0 Å². The molecule has 0 aliphatic carbocycles. The Morgan fingerprint density at radius 1 is 1.35 bits per heavy atom. The highest BCUT2D eigenvalue weighted by molar-refractivity contribution is 5.92. The van der Waals surface area contributed by atoms with Gasteiger partial charge in [-0.15, -0.1) is 5.10 Å². The minimum absolute atomic E-state index is 0.140. The molecule has 0 bridgehead atoms. The summed E-state index contributed by atoms with van der Waals surface area (Å²) in [6.07, 6.45) is 1.20. The van der Waals surface area contributed by atoms with E-state index in [9.17, 15) is 9.59 Å². The average molecular weight is 318 g/mol. The van der Waals surface area contributed by atoms with Gasteiger partial charge in [0.05, 0.1) is 18.5 Å². The lowest BCUT2D eigenvalue weighted by Crippen LogP contribution is -2.20. The fourth-order valence-electron chi connectivity index (χ4n) is 1.76. The molecule has 0 aliphatic rings. The van der Waals surface area contributed by atoms with Crippen molar-refractivity contribution in [3.05, 3.63) is 36.2 Å². The number of carbonyl (C=O) groups excluding carboxylic acids is 1. The van der Waals surface area contributed by atoms with Crippen molar-refractivity contribution in [3.63, 3.8) is 0 Å². The number of aromatic carboxylic acids is 1. The third-order valence-corrected chi connectivity index (χ3v) is 2.80. The van der Waals surface area contributed by atoms with Crippen LogP contribution in [-0.2, 0) is 11.3 Å². The molecule has 8 nitrogen and oxygen atoms in total. The summed E-state index contributed by atoms with van der Waals surface area (Å²) in [4.78, 5) is 22.8. The maximum Gasteiger partial charge on any atom is 0.358 e. The molecule has 8 heteroatoms. The van der Waals surface area contributed by atoms with Crippen molar-refractivity contribution < 1.29 is 19.4 Å². The van der Waals surface area contributed by atoms with Gasteiger partial charge in [0, 0.05) is 0 Å². The minimum atomic E-state index is -1.19. The van der Waals surface area contributed by atoms with Crippen molar-refractivity contribution in [1.29, 1.82) is 0 Å². The van der Waals surface area contributed by atoms with Crippen molar-refractivity contribution in [2.24, 2.45) is 5.92 Å². The Morgan fingerprint density at radius 2 is 2.09 bits per heavy atom. The number of carbonyl (C=O) groups is 2. The number of hydrogen-bond acceptors (Lipinski definition) is 5. The molecule has 23 heavy (non-hydrogen) atoms. The maximum atomic E-state index is 12.0. The number of carboxylic acids is 1. The SMILES string of the molecule is CC(C)COc1ccccc1NC(=O)Cn1cc(C(=O)O)nn1. The van der Waals surface area contributed by atoms with E-state index < -0.39 is 5.97 Å². The van der Waals surface area contributed by atoms with Gasteiger partial charge < -0.3 is 15.2 Å². The van der Waals surface area contributed by atoms with E-state index in [1.165, 1.54) is 6.20 Å². The summed E-state index contributed by atoms with van der Waals surface area (Å²) >= 11 is 0. The number of hydrogen-bond donors (Lipinski definition) is 2. The zero-order valence-electron chi connectivity index (χ0n) is 12.9. The van der Waals surface area contributed by atoms with E-state index in [4.69, 9.17) is 9.84 Å². The molecule has 0 saturated carbocycles. The first-order valence-electron chi connectivity index (χ1n) is 7.11. The Hall–Kier alpha value is -2.90. The summed E-state index contributed by atoms with van der Waals surface area (Å²) in [6.45, 7) is 4.47. The number of rotatable bonds is 7. The number of aromatic nitrogens is 3. The number of nitrogens with one attached hydrogen (secondary N) is 1. The Morgan fingerprint density at radius 3 is 2.74 bits per heavy atom. The smallest absolute Gasteiger partial charge is 0.358 e. The summed E-state index contributed by atoms with van der Waals surface area (Å²) in [6, 6.07) is 7.12. The largest absolute Gasteiger partial charge is 0.491 e. The number of para-hydroxylation sites is 2. The fourth-order valence-corrected chi connectivity index (χ4v) is 1.76. The van der Waals surface area contributed by atoms with Gasteiger partial charge in [0.2, 0.25) is 5.91 Å². The molecule has 1 aromatic carbocycles. The molecular formula is C15H18N4O4. The molecule has 122 valence electrons. The number of benzene rings is 1. The topological polar surface area (TPSA) is 106 Å². The lowest BCUT2D eigenvalue weighted by Gasteiger charge is -2.13. The zero-order chi connectivity index (χ0) is 16.8. The molecule has 1 heterocycles. The van der Waals surface area contributed by atoms with Crippen LogP contribution in [0, 0.1) is 5.92 Å². The lowest BCUT2D eigenvalue weighted by molar-refractivity contribution is -0.116.